The third-order valence-corrected chi connectivity index (χ3v) is 6.38. The lowest BCUT2D eigenvalue weighted by Gasteiger charge is -2.39. The molecule has 2 aliphatic heterocycles. The Morgan fingerprint density at radius 2 is 1.87 bits per heavy atom. The Balaban J connectivity index is 1.38. The number of anilines is 1. The lowest BCUT2D eigenvalue weighted by Crippen LogP contribution is -2.47. The Morgan fingerprint density at radius 1 is 1.13 bits per heavy atom. The molecule has 7 nitrogen and oxygen atoms in total. The lowest BCUT2D eigenvalue weighted by atomic mass is 10.1. The quantitative estimate of drug-likeness (QED) is 0.706. The van der Waals surface area contributed by atoms with E-state index in [4.69, 9.17) is 21.1 Å². The summed E-state index contributed by atoms with van der Waals surface area (Å²) in [6.45, 7) is 8.05. The summed E-state index contributed by atoms with van der Waals surface area (Å²) in [6.07, 6.45) is 1.64. The van der Waals surface area contributed by atoms with Gasteiger partial charge in [-0.2, -0.15) is 0 Å². The van der Waals surface area contributed by atoms with Crippen molar-refractivity contribution in [2.75, 3.05) is 64.5 Å². The molecule has 1 aromatic heterocycles. The van der Waals surface area contributed by atoms with Crippen molar-refractivity contribution in [2.45, 2.75) is 13.0 Å². The molecule has 0 N–H and O–H groups in total. The van der Waals surface area contributed by atoms with Crippen LogP contribution in [0.5, 0.6) is 5.75 Å². The minimum absolute atomic E-state index is 0.0406. The molecule has 8 heteroatoms. The van der Waals surface area contributed by atoms with Crippen molar-refractivity contribution in [3.8, 4) is 5.75 Å². The van der Waals surface area contributed by atoms with Crippen molar-refractivity contribution < 1.29 is 14.3 Å². The van der Waals surface area contributed by atoms with E-state index in [1.807, 2.05) is 12.1 Å². The molecule has 2 aromatic rings. The first-order chi connectivity index (χ1) is 15.1. The molecule has 1 atom stereocenters. The van der Waals surface area contributed by atoms with Gasteiger partial charge in [-0.15, -0.1) is 0 Å². The maximum atomic E-state index is 12.7. The van der Waals surface area contributed by atoms with Crippen LogP contribution in [0.25, 0.3) is 0 Å². The number of carbonyl (C=O) groups is 1. The van der Waals surface area contributed by atoms with E-state index in [1.165, 1.54) is 5.56 Å². The maximum Gasteiger partial charge on any atom is 0.255 e. The molecule has 0 bridgehead atoms. The number of halogens is 1. The monoisotopic (exact) mass is 444 g/mol. The van der Waals surface area contributed by atoms with Gasteiger partial charge in [-0.25, -0.2) is 4.98 Å². The number of hydrogen-bond acceptors (Lipinski definition) is 6. The van der Waals surface area contributed by atoms with Crippen LogP contribution in [0.4, 0.5) is 5.82 Å². The minimum Gasteiger partial charge on any atom is -0.497 e. The fourth-order valence-electron chi connectivity index (χ4n) is 4.16. The number of aromatic nitrogens is 1. The van der Waals surface area contributed by atoms with Crippen LogP contribution < -0.4 is 9.64 Å². The number of morpholine rings is 1. The fraction of sp³-hybridized carbons (Fsp3) is 0.478. The summed E-state index contributed by atoms with van der Waals surface area (Å²) in [4.78, 5) is 23.7. The van der Waals surface area contributed by atoms with Gasteiger partial charge < -0.3 is 19.3 Å². The highest BCUT2D eigenvalue weighted by atomic mass is 35.5. The number of amides is 1. The molecule has 4 rings (SSSR count). The zero-order chi connectivity index (χ0) is 21.8. The van der Waals surface area contributed by atoms with E-state index in [-0.39, 0.29) is 5.91 Å². The van der Waals surface area contributed by atoms with Gasteiger partial charge in [0, 0.05) is 51.5 Å². The molecule has 1 unspecified atom stereocenters. The van der Waals surface area contributed by atoms with Gasteiger partial charge in [0.2, 0.25) is 0 Å². The molecule has 2 fully saturated rings. The zero-order valence-corrected chi connectivity index (χ0v) is 18.8. The normalized spacial score (nSPS) is 18.7. The number of hydrogen-bond donors (Lipinski definition) is 0. The molecule has 1 amide bonds. The van der Waals surface area contributed by atoms with Gasteiger partial charge >= 0.3 is 0 Å². The molecule has 1 aromatic carbocycles. The van der Waals surface area contributed by atoms with E-state index in [2.05, 4.69) is 33.8 Å². The number of benzene rings is 1. The molecule has 31 heavy (non-hydrogen) atoms. The lowest BCUT2D eigenvalue weighted by molar-refractivity contribution is 0.0302. The number of pyridine rings is 1. The molecule has 2 saturated heterocycles. The van der Waals surface area contributed by atoms with E-state index in [0.717, 1.165) is 37.7 Å². The maximum absolute atomic E-state index is 12.7. The van der Waals surface area contributed by atoms with Crippen molar-refractivity contribution >= 4 is 23.3 Å². The highest BCUT2D eigenvalue weighted by Crippen LogP contribution is 2.29. The summed E-state index contributed by atoms with van der Waals surface area (Å²) < 4.78 is 10.7. The highest BCUT2D eigenvalue weighted by molar-refractivity contribution is 6.33. The number of carbonyl (C=O) groups excluding carboxylic acids is 1. The van der Waals surface area contributed by atoms with Crippen LogP contribution in [0.1, 0.15) is 28.9 Å². The van der Waals surface area contributed by atoms with Crippen molar-refractivity contribution in [3.63, 3.8) is 0 Å². The first kappa shape index (κ1) is 21.9. The molecule has 0 saturated carbocycles. The van der Waals surface area contributed by atoms with Gasteiger partial charge in [0.05, 0.1) is 30.9 Å². The van der Waals surface area contributed by atoms with E-state index >= 15 is 0 Å². The predicted octanol–water partition coefficient (Wildman–Crippen LogP) is 3.10. The van der Waals surface area contributed by atoms with E-state index in [1.54, 1.807) is 24.3 Å². The van der Waals surface area contributed by atoms with Crippen LogP contribution in [0.15, 0.2) is 36.5 Å². The minimum atomic E-state index is -0.0406. The van der Waals surface area contributed by atoms with Crippen LogP contribution in [-0.2, 0) is 4.74 Å². The summed E-state index contributed by atoms with van der Waals surface area (Å²) in [7, 11) is 1.69. The number of methoxy groups -OCH3 is 1. The van der Waals surface area contributed by atoms with Gasteiger partial charge in [-0.1, -0.05) is 23.7 Å². The second-order valence-corrected chi connectivity index (χ2v) is 8.32. The van der Waals surface area contributed by atoms with Gasteiger partial charge in [-0.05, 0) is 30.7 Å². The molecule has 2 aliphatic rings. The molecule has 166 valence electrons. The van der Waals surface area contributed by atoms with Crippen LogP contribution in [-0.4, -0.2) is 80.3 Å². The van der Waals surface area contributed by atoms with Gasteiger partial charge in [0.1, 0.15) is 11.6 Å². The van der Waals surface area contributed by atoms with Crippen molar-refractivity contribution in [3.05, 3.63) is 52.7 Å². The van der Waals surface area contributed by atoms with Crippen LogP contribution in [0, 0.1) is 0 Å². The van der Waals surface area contributed by atoms with Crippen LogP contribution in [0.2, 0.25) is 5.02 Å². The summed E-state index contributed by atoms with van der Waals surface area (Å²) in [5, 5.41) is 0.522. The molecular formula is C23H29ClN4O3. The van der Waals surface area contributed by atoms with Gasteiger partial charge in [0.15, 0.2) is 0 Å². The van der Waals surface area contributed by atoms with Gasteiger partial charge in [-0.3, -0.25) is 9.69 Å². The van der Waals surface area contributed by atoms with Crippen molar-refractivity contribution in [1.29, 1.82) is 0 Å². The molecule has 3 heterocycles. The predicted molar refractivity (Wildman–Crippen MR) is 121 cm³/mol. The Bertz CT molecular complexity index is 911. The van der Waals surface area contributed by atoms with E-state index < -0.39 is 0 Å². The van der Waals surface area contributed by atoms with Crippen LogP contribution in [0.3, 0.4) is 0 Å². The standard InChI is InChI=1S/C23H29ClN4O3/c1-17(18-4-3-5-20(14-18)30-2)26-6-8-27(9-7-26)22-21(24)15-19(16-25-22)23(29)28-10-12-31-13-11-28/h3-5,14-17H,6-13H2,1-2H3. The van der Waals surface area contributed by atoms with E-state index in [9.17, 15) is 4.79 Å². The number of ether oxygens (including phenoxy) is 2. The van der Waals surface area contributed by atoms with Crippen molar-refractivity contribution in [1.82, 2.24) is 14.8 Å². The number of nitrogens with zero attached hydrogens (tertiary/aromatic N) is 4. The Morgan fingerprint density at radius 3 is 2.55 bits per heavy atom. The summed E-state index contributed by atoms with van der Waals surface area (Å²) in [5.74, 6) is 1.58. The number of rotatable bonds is 5. The van der Waals surface area contributed by atoms with Gasteiger partial charge in [0.25, 0.3) is 5.91 Å². The Hall–Kier alpha value is -2.35. The van der Waals surface area contributed by atoms with E-state index in [0.29, 0.717) is 42.9 Å². The highest BCUT2D eigenvalue weighted by Gasteiger charge is 2.25. The topological polar surface area (TPSA) is 58.1 Å². The smallest absolute Gasteiger partial charge is 0.255 e. The summed E-state index contributed by atoms with van der Waals surface area (Å²) >= 11 is 6.55. The second-order valence-electron chi connectivity index (χ2n) is 7.91. The third-order valence-electron chi connectivity index (χ3n) is 6.10. The fourth-order valence-corrected chi connectivity index (χ4v) is 4.45. The zero-order valence-electron chi connectivity index (χ0n) is 18.1. The third kappa shape index (κ3) is 4.95. The SMILES string of the molecule is COc1cccc(C(C)N2CCN(c3ncc(C(=O)N4CCOCC4)cc3Cl)CC2)c1. The molecule has 0 radical (unpaired) electrons. The second kappa shape index (κ2) is 9.85. The molecule has 0 aliphatic carbocycles. The largest absolute Gasteiger partial charge is 0.497 e. The van der Waals surface area contributed by atoms with Crippen LogP contribution >= 0.6 is 11.6 Å². The summed E-state index contributed by atoms with van der Waals surface area (Å²) in [6, 6.07) is 10.3. The Labute approximate surface area is 188 Å². The first-order valence-corrected chi connectivity index (χ1v) is 11.1. The average molecular weight is 445 g/mol. The number of piperazine rings is 1. The first-order valence-electron chi connectivity index (χ1n) is 10.7. The van der Waals surface area contributed by atoms with Crippen molar-refractivity contribution in [2.24, 2.45) is 0 Å². The molecule has 0 spiro atoms. The summed E-state index contributed by atoms with van der Waals surface area (Å²) in [5.41, 5.74) is 1.77. The molecular weight excluding hydrogens is 416 g/mol. The average Bonchev–Trinajstić information content (AvgIpc) is 2.84. The Kier molecular flexibility index (Phi) is 6.95.